The third-order valence-electron chi connectivity index (χ3n) is 8.44. The Balaban J connectivity index is 1.37. The van der Waals surface area contributed by atoms with Crippen LogP contribution < -0.4 is 4.74 Å². The number of hydrogen-bond acceptors (Lipinski definition) is 1. The minimum Gasteiger partial charge on any atom is -0.429 e. The van der Waals surface area contributed by atoms with Crippen LogP contribution in [-0.2, 0) is 6.11 Å². The van der Waals surface area contributed by atoms with Gasteiger partial charge < -0.3 is 4.74 Å². The zero-order chi connectivity index (χ0) is 29.6. The van der Waals surface area contributed by atoms with Gasteiger partial charge in [0, 0.05) is 12.1 Å². The topological polar surface area (TPSA) is 9.23 Å². The lowest BCUT2D eigenvalue weighted by molar-refractivity contribution is -0.189. The summed E-state index contributed by atoms with van der Waals surface area (Å²) in [6, 6.07) is 3.03. The van der Waals surface area contributed by atoms with Crippen molar-refractivity contribution in [1.29, 1.82) is 0 Å². The molecule has 2 aliphatic carbocycles. The van der Waals surface area contributed by atoms with E-state index in [2.05, 4.69) is 11.7 Å². The van der Waals surface area contributed by atoms with E-state index in [4.69, 9.17) is 0 Å². The number of ether oxygens (including phenoxy) is 1. The lowest BCUT2D eigenvalue weighted by Crippen LogP contribution is -2.25. The number of alkyl halides is 2. The van der Waals surface area contributed by atoms with Crippen LogP contribution in [0.15, 0.2) is 36.4 Å². The van der Waals surface area contributed by atoms with E-state index in [0.29, 0.717) is 35.4 Å². The van der Waals surface area contributed by atoms with Gasteiger partial charge in [0.15, 0.2) is 17.5 Å². The van der Waals surface area contributed by atoms with Gasteiger partial charge in [0.1, 0.15) is 34.6 Å². The lowest BCUT2D eigenvalue weighted by Gasteiger charge is -2.20. The second-order valence-electron chi connectivity index (χ2n) is 11.2. The first kappa shape index (κ1) is 29.3. The van der Waals surface area contributed by atoms with E-state index >= 15 is 8.78 Å². The zero-order valence-corrected chi connectivity index (χ0v) is 22.0. The zero-order valence-electron chi connectivity index (χ0n) is 22.0. The fraction of sp³-hybridized carbons (Fsp3) is 0.419. The van der Waals surface area contributed by atoms with Crippen LogP contribution in [0, 0.1) is 58.5 Å². The van der Waals surface area contributed by atoms with E-state index in [1.165, 1.54) is 12.8 Å². The molecule has 41 heavy (non-hydrogen) atoms. The third kappa shape index (κ3) is 5.79. The molecule has 0 bridgehead atoms. The minimum absolute atomic E-state index is 0.0528. The molecule has 0 saturated heterocycles. The van der Waals surface area contributed by atoms with Crippen LogP contribution >= 0.6 is 0 Å². The highest BCUT2D eigenvalue weighted by Crippen LogP contribution is 2.53. The van der Waals surface area contributed by atoms with Gasteiger partial charge in [0.05, 0.1) is 5.56 Å². The minimum atomic E-state index is -4.82. The Morgan fingerprint density at radius 2 is 1.24 bits per heavy atom. The number of fused-ring (bicyclic) bond motifs is 1. The van der Waals surface area contributed by atoms with Gasteiger partial charge in [0.2, 0.25) is 0 Å². The van der Waals surface area contributed by atoms with Crippen LogP contribution in [-0.4, -0.2) is 0 Å². The maximum atomic E-state index is 15.2. The van der Waals surface area contributed by atoms with E-state index < -0.39 is 69.3 Å². The molecule has 0 heterocycles. The van der Waals surface area contributed by atoms with Crippen molar-refractivity contribution in [2.24, 2.45) is 17.8 Å². The van der Waals surface area contributed by atoms with Gasteiger partial charge in [-0.3, -0.25) is 0 Å². The van der Waals surface area contributed by atoms with Crippen molar-refractivity contribution >= 4 is 0 Å². The summed E-state index contributed by atoms with van der Waals surface area (Å²) in [7, 11) is 0. The molecule has 0 aromatic heterocycles. The molecule has 2 unspecified atom stereocenters. The Kier molecular flexibility index (Phi) is 8.05. The lowest BCUT2D eigenvalue weighted by atomic mass is 9.89. The molecule has 3 aromatic rings. The highest BCUT2D eigenvalue weighted by molar-refractivity contribution is 5.66. The van der Waals surface area contributed by atoms with Crippen LogP contribution in [0.4, 0.5) is 39.5 Å². The summed E-state index contributed by atoms with van der Waals surface area (Å²) in [5.74, 6) is -11.3. The smallest absolute Gasteiger partial charge is 0.429 e. The van der Waals surface area contributed by atoms with Gasteiger partial charge in [-0.05, 0) is 84.7 Å². The van der Waals surface area contributed by atoms with Gasteiger partial charge in [-0.15, -0.1) is 0 Å². The molecule has 3 aromatic carbocycles. The van der Waals surface area contributed by atoms with Gasteiger partial charge in [-0.25, -0.2) is 30.7 Å². The van der Waals surface area contributed by atoms with Gasteiger partial charge >= 0.3 is 6.11 Å². The van der Waals surface area contributed by atoms with E-state index in [-0.39, 0.29) is 18.1 Å². The molecule has 10 heteroatoms. The quantitative estimate of drug-likeness (QED) is 0.189. The van der Waals surface area contributed by atoms with E-state index in [1.54, 1.807) is 0 Å². The summed E-state index contributed by atoms with van der Waals surface area (Å²) < 4.78 is 133. The first-order valence-corrected chi connectivity index (χ1v) is 13.6. The van der Waals surface area contributed by atoms with E-state index in [9.17, 15) is 30.7 Å². The normalized spacial score (nSPS) is 22.3. The molecule has 0 aliphatic heterocycles. The van der Waals surface area contributed by atoms with Gasteiger partial charge in [-0.2, -0.15) is 8.78 Å². The Hall–Kier alpha value is -3.17. The molecule has 0 amide bonds. The molecule has 0 radical (unpaired) electrons. The molecule has 2 aliphatic rings. The number of rotatable bonds is 8. The highest BCUT2D eigenvalue weighted by Gasteiger charge is 2.43. The van der Waals surface area contributed by atoms with Crippen molar-refractivity contribution in [3.05, 3.63) is 88.2 Å². The third-order valence-corrected chi connectivity index (χ3v) is 8.44. The predicted octanol–water partition coefficient (Wildman–Crippen LogP) is 10.2. The van der Waals surface area contributed by atoms with Crippen LogP contribution in [0.5, 0.6) is 5.75 Å². The maximum Gasteiger partial charge on any atom is 0.432 e. The molecule has 0 N–H and O–H groups in total. The Morgan fingerprint density at radius 3 is 1.76 bits per heavy atom. The summed E-state index contributed by atoms with van der Waals surface area (Å²) in [6.45, 7) is 2.15. The Labute approximate surface area is 231 Å². The first-order valence-electron chi connectivity index (χ1n) is 13.6. The second kappa shape index (κ2) is 11.2. The molecular weight excluding hydrogens is 559 g/mol. The van der Waals surface area contributed by atoms with Crippen molar-refractivity contribution in [3.63, 3.8) is 0 Å². The largest absolute Gasteiger partial charge is 0.432 e. The molecular formula is C31H27F9O. The van der Waals surface area contributed by atoms with E-state index in [0.717, 1.165) is 44.2 Å². The number of hydrogen-bond donors (Lipinski definition) is 0. The van der Waals surface area contributed by atoms with E-state index in [1.807, 2.05) is 0 Å². The summed E-state index contributed by atoms with van der Waals surface area (Å²) in [5.41, 5.74) is -2.97. The Morgan fingerprint density at radius 1 is 0.707 bits per heavy atom. The van der Waals surface area contributed by atoms with Crippen molar-refractivity contribution in [2.45, 2.75) is 63.9 Å². The second-order valence-corrected chi connectivity index (χ2v) is 11.2. The predicted molar refractivity (Wildman–Crippen MR) is 134 cm³/mol. The van der Waals surface area contributed by atoms with Crippen molar-refractivity contribution in [1.82, 2.24) is 0 Å². The molecule has 0 spiro atoms. The molecule has 5 rings (SSSR count). The van der Waals surface area contributed by atoms with Crippen molar-refractivity contribution in [2.75, 3.05) is 0 Å². The molecule has 2 fully saturated rings. The molecule has 2 atom stereocenters. The van der Waals surface area contributed by atoms with Crippen LogP contribution in [0.2, 0.25) is 0 Å². The first-order chi connectivity index (χ1) is 19.4. The Bertz CT molecular complexity index is 1370. The molecule has 2 saturated carbocycles. The molecule has 1 nitrogen and oxygen atoms in total. The van der Waals surface area contributed by atoms with Gasteiger partial charge in [0.25, 0.3) is 0 Å². The number of unbranched alkanes of at least 4 members (excludes halogenated alkanes) is 1. The van der Waals surface area contributed by atoms with Crippen LogP contribution in [0.1, 0.15) is 68.9 Å². The average Bonchev–Trinajstić information content (AvgIpc) is 3.44. The number of benzene rings is 3. The summed E-state index contributed by atoms with van der Waals surface area (Å²) in [4.78, 5) is 0. The fourth-order valence-electron chi connectivity index (χ4n) is 6.63. The summed E-state index contributed by atoms with van der Waals surface area (Å²) in [6.07, 6.45) is 2.53. The average molecular weight is 587 g/mol. The summed E-state index contributed by atoms with van der Waals surface area (Å²) in [5, 5.41) is 0. The highest BCUT2D eigenvalue weighted by atomic mass is 19.3. The number of halogens is 9. The van der Waals surface area contributed by atoms with Gasteiger partial charge in [-0.1, -0.05) is 26.2 Å². The fourth-order valence-corrected chi connectivity index (χ4v) is 6.63. The maximum absolute atomic E-state index is 15.2. The molecule has 220 valence electrons. The standard InChI is InChI=1S/C31H27F9O/c1-2-3-4-15-5-16-7-18(8-17(16)6-15)19-9-22(32)28(23(33)10-19)20-11-24(34)29(25(35)12-20)31(39,40)41-21-13-26(36)30(38)27(37)14-21/h9-18H,2-8H2,1H3. The summed E-state index contributed by atoms with van der Waals surface area (Å²) >= 11 is 0. The van der Waals surface area contributed by atoms with Crippen LogP contribution in [0.25, 0.3) is 11.1 Å². The van der Waals surface area contributed by atoms with Crippen molar-refractivity contribution < 1.29 is 44.3 Å². The van der Waals surface area contributed by atoms with Crippen LogP contribution in [0.3, 0.4) is 0 Å². The van der Waals surface area contributed by atoms with Crippen molar-refractivity contribution in [3.8, 4) is 16.9 Å². The SMILES string of the molecule is CCCCC1CC2CC(c3cc(F)c(-c4cc(F)c(C(F)(F)Oc5cc(F)c(F)c(F)c5)c(F)c4)c(F)c3)CC2C1. The monoisotopic (exact) mass is 586 g/mol.